The molecule has 2 aliphatic rings. The SMILES string of the molecule is Cc1cccc(N2CC(C(=O)N3CCNCC3c3cccnc3)CC2=O)c1C.Cl. The zero-order valence-electron chi connectivity index (χ0n) is 16.8. The highest BCUT2D eigenvalue weighted by atomic mass is 35.5. The molecule has 2 atom stereocenters. The molecule has 2 aliphatic heterocycles. The number of nitrogens with zero attached hydrogens (tertiary/aromatic N) is 3. The van der Waals surface area contributed by atoms with Crippen molar-refractivity contribution in [3.63, 3.8) is 0 Å². The molecule has 7 heteroatoms. The zero-order valence-corrected chi connectivity index (χ0v) is 17.6. The van der Waals surface area contributed by atoms with Gasteiger partial charge < -0.3 is 15.1 Å². The van der Waals surface area contributed by atoms with E-state index in [0.29, 0.717) is 19.6 Å². The fraction of sp³-hybridized carbons (Fsp3) is 0.409. The number of carbonyl (C=O) groups excluding carboxylic acids is 2. The average Bonchev–Trinajstić information content (AvgIpc) is 3.11. The minimum Gasteiger partial charge on any atom is -0.333 e. The van der Waals surface area contributed by atoms with E-state index < -0.39 is 0 Å². The molecule has 29 heavy (non-hydrogen) atoms. The summed E-state index contributed by atoms with van der Waals surface area (Å²) in [6, 6.07) is 9.84. The molecule has 2 unspecified atom stereocenters. The maximum Gasteiger partial charge on any atom is 0.228 e. The van der Waals surface area contributed by atoms with Crippen molar-refractivity contribution in [1.82, 2.24) is 15.2 Å². The highest BCUT2D eigenvalue weighted by molar-refractivity contribution is 6.01. The fourth-order valence-corrected chi connectivity index (χ4v) is 4.21. The predicted octanol–water partition coefficient (Wildman–Crippen LogP) is 2.65. The number of carbonyl (C=O) groups is 2. The topological polar surface area (TPSA) is 65.5 Å². The first-order chi connectivity index (χ1) is 13.6. The van der Waals surface area contributed by atoms with Gasteiger partial charge in [-0.05, 0) is 42.7 Å². The van der Waals surface area contributed by atoms with Crippen molar-refractivity contribution in [2.24, 2.45) is 5.92 Å². The number of piperazine rings is 1. The molecule has 2 fully saturated rings. The van der Waals surface area contributed by atoms with Crippen LogP contribution in [-0.4, -0.2) is 47.9 Å². The van der Waals surface area contributed by atoms with Crippen molar-refractivity contribution in [3.8, 4) is 0 Å². The van der Waals surface area contributed by atoms with Crippen molar-refractivity contribution in [2.75, 3.05) is 31.1 Å². The third kappa shape index (κ3) is 4.14. The fourth-order valence-electron chi connectivity index (χ4n) is 4.21. The minimum atomic E-state index is -0.301. The first kappa shape index (κ1) is 21.3. The van der Waals surface area contributed by atoms with Gasteiger partial charge in [0.1, 0.15) is 0 Å². The maximum absolute atomic E-state index is 13.4. The van der Waals surface area contributed by atoms with Crippen LogP contribution in [0.3, 0.4) is 0 Å². The molecule has 4 rings (SSSR count). The van der Waals surface area contributed by atoms with Crippen molar-refractivity contribution in [1.29, 1.82) is 0 Å². The van der Waals surface area contributed by atoms with Gasteiger partial charge in [-0.2, -0.15) is 0 Å². The molecule has 154 valence electrons. The number of benzene rings is 1. The number of hydrogen-bond acceptors (Lipinski definition) is 4. The largest absolute Gasteiger partial charge is 0.333 e. The highest BCUT2D eigenvalue weighted by Crippen LogP contribution is 2.32. The number of aromatic nitrogens is 1. The van der Waals surface area contributed by atoms with Gasteiger partial charge in [0.25, 0.3) is 0 Å². The molecular weight excluding hydrogens is 388 g/mol. The summed E-state index contributed by atoms with van der Waals surface area (Å²) in [5.74, 6) is -0.207. The lowest BCUT2D eigenvalue weighted by Gasteiger charge is -2.37. The number of rotatable bonds is 3. The van der Waals surface area contributed by atoms with Crippen LogP contribution < -0.4 is 10.2 Å². The molecule has 0 saturated carbocycles. The third-order valence-corrected chi connectivity index (χ3v) is 5.94. The number of nitrogens with one attached hydrogen (secondary N) is 1. The quantitative estimate of drug-likeness (QED) is 0.838. The minimum absolute atomic E-state index is 0. The van der Waals surface area contributed by atoms with E-state index in [4.69, 9.17) is 0 Å². The Balaban J connectivity index is 0.00000240. The molecule has 1 aromatic carbocycles. The van der Waals surface area contributed by atoms with E-state index in [-0.39, 0.29) is 42.6 Å². The van der Waals surface area contributed by atoms with Crippen molar-refractivity contribution < 1.29 is 9.59 Å². The van der Waals surface area contributed by atoms with Crippen LogP contribution in [0.15, 0.2) is 42.7 Å². The Kier molecular flexibility index (Phi) is 6.55. The van der Waals surface area contributed by atoms with Crippen LogP contribution >= 0.6 is 12.4 Å². The monoisotopic (exact) mass is 414 g/mol. The molecule has 0 radical (unpaired) electrons. The number of halogens is 1. The second-order valence-electron chi connectivity index (χ2n) is 7.66. The van der Waals surface area contributed by atoms with Crippen LogP contribution in [-0.2, 0) is 9.59 Å². The summed E-state index contributed by atoms with van der Waals surface area (Å²) in [6.07, 6.45) is 3.83. The van der Waals surface area contributed by atoms with E-state index in [1.54, 1.807) is 11.1 Å². The van der Waals surface area contributed by atoms with Crippen LogP contribution in [0.25, 0.3) is 0 Å². The lowest BCUT2D eigenvalue weighted by atomic mass is 10.0. The second kappa shape index (κ2) is 8.93. The predicted molar refractivity (Wildman–Crippen MR) is 115 cm³/mol. The molecule has 2 aromatic rings. The standard InChI is InChI=1S/C22H26N4O2.ClH/c1-15-5-3-7-19(16(15)2)26-14-18(11-21(26)27)22(28)25-10-9-24-13-20(25)17-6-4-8-23-12-17;/h3-8,12,18,20,24H,9-11,13-14H2,1-2H3;1H. The second-order valence-corrected chi connectivity index (χ2v) is 7.66. The Morgan fingerprint density at radius 3 is 2.79 bits per heavy atom. The van der Waals surface area contributed by atoms with Gasteiger partial charge >= 0.3 is 0 Å². The van der Waals surface area contributed by atoms with Crippen molar-refractivity contribution >= 4 is 29.9 Å². The molecule has 6 nitrogen and oxygen atoms in total. The number of aryl methyl sites for hydroxylation is 1. The van der Waals surface area contributed by atoms with Crippen LogP contribution in [0.2, 0.25) is 0 Å². The van der Waals surface area contributed by atoms with Crippen LogP contribution in [0, 0.1) is 19.8 Å². The van der Waals surface area contributed by atoms with E-state index >= 15 is 0 Å². The molecule has 2 amide bonds. The summed E-state index contributed by atoms with van der Waals surface area (Å²) in [5, 5.41) is 3.37. The van der Waals surface area contributed by atoms with Gasteiger partial charge in [-0.3, -0.25) is 14.6 Å². The van der Waals surface area contributed by atoms with Gasteiger partial charge in [0.2, 0.25) is 11.8 Å². The summed E-state index contributed by atoms with van der Waals surface area (Å²) in [4.78, 5) is 34.0. The molecule has 2 saturated heterocycles. The smallest absolute Gasteiger partial charge is 0.228 e. The van der Waals surface area contributed by atoms with E-state index in [2.05, 4.69) is 10.3 Å². The normalized spacial score (nSPS) is 21.8. The highest BCUT2D eigenvalue weighted by Gasteiger charge is 2.40. The van der Waals surface area contributed by atoms with Gasteiger partial charge in [0.05, 0.1) is 12.0 Å². The molecule has 0 aliphatic carbocycles. The lowest BCUT2D eigenvalue weighted by molar-refractivity contribution is -0.139. The Bertz CT molecular complexity index is 890. The van der Waals surface area contributed by atoms with Crippen LogP contribution in [0.1, 0.15) is 29.2 Å². The summed E-state index contributed by atoms with van der Waals surface area (Å²) in [5.41, 5.74) is 4.20. The molecular formula is C22H27ClN4O2. The first-order valence-corrected chi connectivity index (χ1v) is 9.84. The summed E-state index contributed by atoms with van der Waals surface area (Å²) < 4.78 is 0. The number of anilines is 1. The first-order valence-electron chi connectivity index (χ1n) is 9.84. The molecule has 3 heterocycles. The molecule has 0 bridgehead atoms. The molecule has 1 aromatic heterocycles. The number of hydrogen-bond donors (Lipinski definition) is 1. The van der Waals surface area contributed by atoms with Crippen LogP contribution in [0.4, 0.5) is 5.69 Å². The van der Waals surface area contributed by atoms with E-state index in [1.807, 2.05) is 55.3 Å². The van der Waals surface area contributed by atoms with Gasteiger partial charge in [0, 0.05) is 50.7 Å². The van der Waals surface area contributed by atoms with Crippen molar-refractivity contribution in [2.45, 2.75) is 26.3 Å². The maximum atomic E-state index is 13.4. The Morgan fingerprint density at radius 2 is 2.03 bits per heavy atom. The zero-order chi connectivity index (χ0) is 19.7. The molecule has 1 N–H and O–H groups in total. The third-order valence-electron chi connectivity index (χ3n) is 5.94. The number of amides is 2. The Morgan fingerprint density at radius 1 is 1.21 bits per heavy atom. The summed E-state index contributed by atoms with van der Waals surface area (Å²) >= 11 is 0. The lowest BCUT2D eigenvalue weighted by Crippen LogP contribution is -2.50. The Hall–Kier alpha value is -2.44. The summed E-state index contributed by atoms with van der Waals surface area (Å²) in [6.45, 7) is 6.64. The van der Waals surface area contributed by atoms with Gasteiger partial charge in [-0.1, -0.05) is 18.2 Å². The molecule has 0 spiro atoms. The van der Waals surface area contributed by atoms with Gasteiger partial charge in [-0.15, -0.1) is 12.4 Å². The summed E-state index contributed by atoms with van der Waals surface area (Å²) in [7, 11) is 0. The van der Waals surface area contributed by atoms with Gasteiger partial charge in [-0.25, -0.2) is 0 Å². The van der Waals surface area contributed by atoms with E-state index in [1.165, 1.54) is 0 Å². The van der Waals surface area contributed by atoms with E-state index in [9.17, 15) is 9.59 Å². The number of pyridine rings is 1. The van der Waals surface area contributed by atoms with Gasteiger partial charge in [0.15, 0.2) is 0 Å². The van der Waals surface area contributed by atoms with E-state index in [0.717, 1.165) is 28.9 Å². The average molecular weight is 415 g/mol. The van der Waals surface area contributed by atoms with Crippen molar-refractivity contribution in [3.05, 3.63) is 59.4 Å². The van der Waals surface area contributed by atoms with Crippen LogP contribution in [0.5, 0.6) is 0 Å². The Labute approximate surface area is 177 Å².